The standard InChI is InChI=1S/C12H17NO/c1-10(2)12(14)8-9-13-11-6-4-3-5-7-11/h3-7,10,13H,8-9H2,1-2H3. The third kappa shape index (κ3) is 3.60. The average Bonchev–Trinajstić information content (AvgIpc) is 2.19. The third-order valence-corrected chi connectivity index (χ3v) is 2.12. The van der Waals surface area contributed by atoms with Crippen LogP contribution in [0, 0.1) is 5.92 Å². The van der Waals surface area contributed by atoms with Gasteiger partial charge in [0.15, 0.2) is 0 Å². The summed E-state index contributed by atoms with van der Waals surface area (Å²) in [6.07, 6.45) is 0.604. The second-order valence-electron chi connectivity index (χ2n) is 3.66. The summed E-state index contributed by atoms with van der Waals surface area (Å²) >= 11 is 0. The van der Waals surface area contributed by atoms with E-state index in [9.17, 15) is 4.79 Å². The summed E-state index contributed by atoms with van der Waals surface area (Å²) in [7, 11) is 0. The van der Waals surface area contributed by atoms with Gasteiger partial charge in [0.25, 0.3) is 0 Å². The summed E-state index contributed by atoms with van der Waals surface area (Å²) < 4.78 is 0. The minimum atomic E-state index is 0.146. The molecule has 0 saturated heterocycles. The van der Waals surface area contributed by atoms with E-state index in [4.69, 9.17) is 0 Å². The zero-order chi connectivity index (χ0) is 10.4. The summed E-state index contributed by atoms with van der Waals surface area (Å²) in [6, 6.07) is 9.93. The van der Waals surface area contributed by atoms with Crippen molar-refractivity contribution in [3.63, 3.8) is 0 Å². The Labute approximate surface area is 85.3 Å². The molecule has 1 aromatic rings. The van der Waals surface area contributed by atoms with Gasteiger partial charge < -0.3 is 5.32 Å². The lowest BCUT2D eigenvalue weighted by molar-refractivity contribution is -0.121. The first-order valence-electron chi connectivity index (χ1n) is 5.02. The molecule has 0 aromatic heterocycles. The predicted molar refractivity (Wildman–Crippen MR) is 59.4 cm³/mol. The molecule has 0 aliphatic carbocycles. The molecule has 1 rings (SSSR count). The zero-order valence-electron chi connectivity index (χ0n) is 8.79. The largest absolute Gasteiger partial charge is 0.385 e. The molecule has 0 spiro atoms. The van der Waals surface area contributed by atoms with E-state index < -0.39 is 0 Å². The van der Waals surface area contributed by atoms with Gasteiger partial charge in [0.05, 0.1) is 0 Å². The van der Waals surface area contributed by atoms with Crippen molar-refractivity contribution >= 4 is 11.5 Å². The smallest absolute Gasteiger partial charge is 0.137 e. The summed E-state index contributed by atoms with van der Waals surface area (Å²) in [5.41, 5.74) is 1.07. The molecule has 0 saturated carbocycles. The Hall–Kier alpha value is -1.31. The van der Waals surface area contributed by atoms with E-state index in [1.807, 2.05) is 44.2 Å². The van der Waals surface area contributed by atoms with Crippen LogP contribution in [-0.4, -0.2) is 12.3 Å². The first-order valence-corrected chi connectivity index (χ1v) is 5.02. The minimum absolute atomic E-state index is 0.146. The van der Waals surface area contributed by atoms with E-state index >= 15 is 0 Å². The van der Waals surface area contributed by atoms with Crippen LogP contribution in [0.4, 0.5) is 5.69 Å². The number of ketones is 1. The summed E-state index contributed by atoms with van der Waals surface area (Å²) in [6.45, 7) is 4.59. The third-order valence-electron chi connectivity index (χ3n) is 2.12. The van der Waals surface area contributed by atoms with Gasteiger partial charge >= 0.3 is 0 Å². The molecule has 0 radical (unpaired) electrons. The first-order chi connectivity index (χ1) is 6.70. The van der Waals surface area contributed by atoms with Crippen LogP contribution >= 0.6 is 0 Å². The highest BCUT2D eigenvalue weighted by Gasteiger charge is 2.05. The number of carbonyl (C=O) groups excluding carboxylic acids is 1. The molecule has 14 heavy (non-hydrogen) atoms. The molecular formula is C12H17NO. The lowest BCUT2D eigenvalue weighted by Crippen LogP contribution is -2.13. The fourth-order valence-corrected chi connectivity index (χ4v) is 1.17. The Morgan fingerprint density at radius 2 is 1.93 bits per heavy atom. The number of hydrogen-bond acceptors (Lipinski definition) is 2. The van der Waals surface area contributed by atoms with Gasteiger partial charge in [-0.15, -0.1) is 0 Å². The Kier molecular flexibility index (Phi) is 4.17. The number of nitrogens with one attached hydrogen (secondary N) is 1. The van der Waals surface area contributed by atoms with Crippen LogP contribution in [0.5, 0.6) is 0 Å². The van der Waals surface area contributed by atoms with Gasteiger partial charge in [-0.2, -0.15) is 0 Å². The molecule has 0 fully saturated rings. The Morgan fingerprint density at radius 1 is 1.29 bits per heavy atom. The maximum absolute atomic E-state index is 11.3. The molecule has 0 atom stereocenters. The summed E-state index contributed by atoms with van der Waals surface area (Å²) in [4.78, 5) is 11.3. The lowest BCUT2D eigenvalue weighted by atomic mass is 10.1. The number of rotatable bonds is 5. The van der Waals surface area contributed by atoms with Gasteiger partial charge in [-0.25, -0.2) is 0 Å². The second kappa shape index (κ2) is 5.43. The van der Waals surface area contributed by atoms with E-state index in [0.717, 1.165) is 12.2 Å². The van der Waals surface area contributed by atoms with E-state index in [1.54, 1.807) is 0 Å². The average molecular weight is 191 g/mol. The SMILES string of the molecule is CC(C)C(=O)CCNc1ccccc1. The van der Waals surface area contributed by atoms with Gasteiger partial charge in [0.2, 0.25) is 0 Å². The summed E-state index contributed by atoms with van der Waals surface area (Å²) in [5.74, 6) is 0.459. The molecule has 0 unspecified atom stereocenters. The van der Waals surface area contributed by atoms with Crippen molar-refractivity contribution < 1.29 is 4.79 Å². The van der Waals surface area contributed by atoms with Gasteiger partial charge in [-0.05, 0) is 12.1 Å². The molecule has 0 amide bonds. The lowest BCUT2D eigenvalue weighted by Gasteiger charge is -2.06. The van der Waals surface area contributed by atoms with Crippen LogP contribution in [0.3, 0.4) is 0 Å². The number of hydrogen-bond donors (Lipinski definition) is 1. The topological polar surface area (TPSA) is 29.1 Å². The van der Waals surface area contributed by atoms with Gasteiger partial charge in [-0.1, -0.05) is 32.0 Å². The fourth-order valence-electron chi connectivity index (χ4n) is 1.17. The monoisotopic (exact) mass is 191 g/mol. The van der Waals surface area contributed by atoms with E-state index in [-0.39, 0.29) is 5.92 Å². The Balaban J connectivity index is 2.26. The highest BCUT2D eigenvalue weighted by Crippen LogP contribution is 2.05. The first kappa shape index (κ1) is 10.8. The normalized spacial score (nSPS) is 10.2. The highest BCUT2D eigenvalue weighted by atomic mass is 16.1. The number of Topliss-reactive ketones (excluding diaryl/α,β-unsaturated/α-hetero) is 1. The molecule has 0 bridgehead atoms. The van der Waals surface area contributed by atoms with Gasteiger partial charge in [0, 0.05) is 24.6 Å². The molecule has 0 aliphatic rings. The van der Waals surface area contributed by atoms with Crippen LogP contribution in [0.15, 0.2) is 30.3 Å². The van der Waals surface area contributed by atoms with E-state index in [0.29, 0.717) is 12.2 Å². The Bertz CT molecular complexity index is 280. The molecule has 2 nitrogen and oxygen atoms in total. The molecule has 0 aliphatic heterocycles. The van der Waals surface area contributed by atoms with E-state index in [2.05, 4.69) is 5.32 Å². The number of anilines is 1. The number of carbonyl (C=O) groups is 1. The van der Waals surface area contributed by atoms with Crippen molar-refractivity contribution in [2.45, 2.75) is 20.3 Å². The van der Waals surface area contributed by atoms with Crippen molar-refractivity contribution in [1.29, 1.82) is 0 Å². The highest BCUT2D eigenvalue weighted by molar-refractivity contribution is 5.80. The van der Waals surface area contributed by atoms with Gasteiger partial charge in [0.1, 0.15) is 5.78 Å². The second-order valence-corrected chi connectivity index (χ2v) is 3.66. The Morgan fingerprint density at radius 3 is 2.50 bits per heavy atom. The van der Waals surface area contributed by atoms with Crippen molar-refractivity contribution in [2.24, 2.45) is 5.92 Å². The molecule has 1 N–H and O–H groups in total. The quantitative estimate of drug-likeness (QED) is 0.775. The van der Waals surface area contributed by atoms with Crippen LogP contribution in [-0.2, 0) is 4.79 Å². The zero-order valence-corrected chi connectivity index (χ0v) is 8.79. The van der Waals surface area contributed by atoms with Crippen LogP contribution < -0.4 is 5.32 Å². The number of benzene rings is 1. The van der Waals surface area contributed by atoms with Crippen molar-refractivity contribution in [1.82, 2.24) is 0 Å². The maximum atomic E-state index is 11.3. The van der Waals surface area contributed by atoms with Crippen LogP contribution in [0.2, 0.25) is 0 Å². The van der Waals surface area contributed by atoms with Crippen molar-refractivity contribution in [3.05, 3.63) is 30.3 Å². The molecule has 2 heteroatoms. The van der Waals surface area contributed by atoms with Crippen molar-refractivity contribution in [2.75, 3.05) is 11.9 Å². The summed E-state index contributed by atoms with van der Waals surface area (Å²) in [5, 5.41) is 3.21. The number of para-hydroxylation sites is 1. The van der Waals surface area contributed by atoms with Crippen LogP contribution in [0.1, 0.15) is 20.3 Å². The fraction of sp³-hybridized carbons (Fsp3) is 0.417. The predicted octanol–water partition coefficient (Wildman–Crippen LogP) is 2.71. The van der Waals surface area contributed by atoms with Gasteiger partial charge in [-0.3, -0.25) is 4.79 Å². The van der Waals surface area contributed by atoms with Crippen molar-refractivity contribution in [3.8, 4) is 0 Å². The molecule has 76 valence electrons. The maximum Gasteiger partial charge on any atom is 0.137 e. The molecular weight excluding hydrogens is 174 g/mol. The molecule has 0 heterocycles. The van der Waals surface area contributed by atoms with E-state index in [1.165, 1.54) is 0 Å². The molecule has 1 aromatic carbocycles. The van der Waals surface area contributed by atoms with Crippen LogP contribution in [0.25, 0.3) is 0 Å². The minimum Gasteiger partial charge on any atom is -0.385 e.